The van der Waals surface area contributed by atoms with Crippen LogP contribution < -0.4 is 14.2 Å². The molecule has 1 aliphatic heterocycles. The lowest BCUT2D eigenvalue weighted by atomic mass is 10.1. The van der Waals surface area contributed by atoms with Gasteiger partial charge in [0, 0.05) is 31.5 Å². The fourth-order valence-electron chi connectivity index (χ4n) is 4.28. The molecule has 0 spiro atoms. The summed E-state index contributed by atoms with van der Waals surface area (Å²) in [5, 5.41) is 0. The number of benzene rings is 2. The smallest absolute Gasteiger partial charge is 0.347 e. The number of methoxy groups -OCH3 is 1. The Bertz CT molecular complexity index is 1290. The number of nitrogens with zero attached hydrogens (tertiary/aromatic N) is 2. The molecule has 0 saturated carbocycles. The number of ether oxygens (including phenoxy) is 6. The molecule has 2 heterocycles. The highest BCUT2D eigenvalue weighted by Crippen LogP contribution is 2.30. The second-order valence-corrected chi connectivity index (χ2v) is 9.10. The van der Waals surface area contributed by atoms with Crippen LogP contribution in [0.5, 0.6) is 17.2 Å². The quantitative estimate of drug-likeness (QED) is 0.295. The average molecular weight is 551 g/mol. The van der Waals surface area contributed by atoms with E-state index in [1.807, 2.05) is 24.3 Å². The summed E-state index contributed by atoms with van der Waals surface area (Å²) < 4.78 is 33.8. The van der Waals surface area contributed by atoms with Gasteiger partial charge in [0.05, 0.1) is 31.6 Å². The maximum Gasteiger partial charge on any atom is 0.347 e. The van der Waals surface area contributed by atoms with Crippen molar-refractivity contribution in [3.63, 3.8) is 0 Å². The van der Waals surface area contributed by atoms with Crippen LogP contribution in [0.4, 0.5) is 0 Å². The molecule has 40 heavy (non-hydrogen) atoms. The summed E-state index contributed by atoms with van der Waals surface area (Å²) in [5.74, 6) is 0.982. The molecule has 4 rings (SSSR count). The van der Waals surface area contributed by atoms with Gasteiger partial charge in [0.1, 0.15) is 23.9 Å². The third-order valence-corrected chi connectivity index (χ3v) is 6.14. The Kier molecular flexibility index (Phi) is 10.3. The minimum atomic E-state index is -1.14. The Morgan fingerprint density at radius 2 is 1.95 bits per heavy atom. The van der Waals surface area contributed by atoms with Gasteiger partial charge in [-0.3, -0.25) is 4.79 Å². The highest BCUT2D eigenvalue weighted by molar-refractivity contribution is 5.79. The van der Waals surface area contributed by atoms with Gasteiger partial charge in [-0.05, 0) is 56.2 Å². The summed E-state index contributed by atoms with van der Waals surface area (Å²) >= 11 is 0. The van der Waals surface area contributed by atoms with Gasteiger partial charge in [-0.2, -0.15) is 0 Å². The zero-order valence-electron chi connectivity index (χ0n) is 23.0. The zero-order valence-corrected chi connectivity index (χ0v) is 23.0. The summed E-state index contributed by atoms with van der Waals surface area (Å²) in [6.45, 7) is 3.87. The number of carbonyl (C=O) groups excluding carboxylic acids is 2. The van der Waals surface area contributed by atoms with Crippen LogP contribution in [0.15, 0.2) is 54.7 Å². The van der Waals surface area contributed by atoms with E-state index in [1.165, 1.54) is 6.92 Å². The van der Waals surface area contributed by atoms with Gasteiger partial charge in [0.15, 0.2) is 12.1 Å². The van der Waals surface area contributed by atoms with Crippen molar-refractivity contribution >= 4 is 11.9 Å². The highest BCUT2D eigenvalue weighted by Gasteiger charge is 2.26. The third-order valence-electron chi connectivity index (χ3n) is 6.14. The first kappa shape index (κ1) is 28.8. The maximum absolute atomic E-state index is 12.6. The summed E-state index contributed by atoms with van der Waals surface area (Å²) in [5.41, 5.74) is 2.00. The molecule has 212 valence electrons. The number of aromatic nitrogens is 2. The van der Waals surface area contributed by atoms with E-state index in [9.17, 15) is 9.59 Å². The highest BCUT2D eigenvalue weighted by atomic mass is 16.7. The van der Waals surface area contributed by atoms with Gasteiger partial charge in [0.25, 0.3) is 0 Å². The van der Waals surface area contributed by atoms with Crippen LogP contribution in [0.25, 0.3) is 11.4 Å². The molecule has 0 radical (unpaired) electrons. The van der Waals surface area contributed by atoms with E-state index in [2.05, 4.69) is 9.97 Å². The second-order valence-electron chi connectivity index (χ2n) is 9.10. The molecule has 1 fully saturated rings. The Balaban J connectivity index is 1.57. The lowest BCUT2D eigenvalue weighted by Crippen LogP contribution is -2.31. The molecule has 3 aromatic rings. The fourth-order valence-corrected chi connectivity index (χ4v) is 4.28. The predicted molar refractivity (Wildman–Crippen MR) is 145 cm³/mol. The predicted octanol–water partition coefficient (Wildman–Crippen LogP) is 4.67. The van der Waals surface area contributed by atoms with Crippen LogP contribution in [-0.2, 0) is 36.8 Å². The normalized spacial score (nSPS) is 15.5. The molecule has 0 aliphatic carbocycles. The lowest BCUT2D eigenvalue weighted by Gasteiger charge is -2.24. The fraction of sp³-hybridized carbons (Fsp3) is 0.400. The molecule has 2 atom stereocenters. The van der Waals surface area contributed by atoms with E-state index in [0.29, 0.717) is 40.9 Å². The van der Waals surface area contributed by atoms with Gasteiger partial charge < -0.3 is 28.4 Å². The van der Waals surface area contributed by atoms with Crippen LogP contribution in [0.3, 0.4) is 0 Å². The first-order valence-electron chi connectivity index (χ1n) is 13.3. The number of hydrogen-bond donors (Lipinski definition) is 0. The summed E-state index contributed by atoms with van der Waals surface area (Å²) in [7, 11) is 1.60. The van der Waals surface area contributed by atoms with Crippen molar-refractivity contribution in [1.82, 2.24) is 9.97 Å². The van der Waals surface area contributed by atoms with Crippen LogP contribution in [0.2, 0.25) is 0 Å². The molecule has 1 saturated heterocycles. The lowest BCUT2D eigenvalue weighted by molar-refractivity contribution is -0.166. The largest absolute Gasteiger partial charge is 0.496 e. The van der Waals surface area contributed by atoms with Crippen LogP contribution in [0.1, 0.15) is 44.4 Å². The third kappa shape index (κ3) is 7.92. The first-order chi connectivity index (χ1) is 19.5. The maximum atomic E-state index is 12.6. The van der Waals surface area contributed by atoms with Crippen LogP contribution >= 0.6 is 0 Å². The number of hydrogen-bond acceptors (Lipinski definition) is 10. The number of carbonyl (C=O) groups is 2. The van der Waals surface area contributed by atoms with Crippen molar-refractivity contribution < 1.29 is 38.0 Å². The second kappa shape index (κ2) is 14.3. The number of esters is 2. The molecule has 1 aliphatic rings. The van der Waals surface area contributed by atoms with E-state index in [-0.39, 0.29) is 25.9 Å². The number of para-hydroxylation sites is 1. The standard InChI is InChI=1S/C30H34N2O8/c1-4-36-30(34)27(39-20(2)33)18-21-17-23(40-28-11-7-8-16-37-28)12-13-25(21)38-19-22-14-15-31-29(32-22)24-9-5-6-10-26(24)35-3/h5-6,9-10,12-15,17,27-28H,4,7-8,11,16,18-19H2,1-3H3. The summed E-state index contributed by atoms with van der Waals surface area (Å²) in [4.78, 5) is 33.4. The molecule has 2 aromatic carbocycles. The van der Waals surface area contributed by atoms with E-state index < -0.39 is 18.0 Å². The Morgan fingerprint density at radius 1 is 1.10 bits per heavy atom. The van der Waals surface area contributed by atoms with E-state index in [1.54, 1.807) is 44.5 Å². The number of rotatable bonds is 12. The van der Waals surface area contributed by atoms with E-state index in [4.69, 9.17) is 28.4 Å². The monoisotopic (exact) mass is 550 g/mol. The first-order valence-corrected chi connectivity index (χ1v) is 13.3. The van der Waals surface area contributed by atoms with Gasteiger partial charge in [-0.15, -0.1) is 0 Å². The zero-order chi connectivity index (χ0) is 28.3. The average Bonchev–Trinajstić information content (AvgIpc) is 2.97. The molecule has 0 N–H and O–H groups in total. The Labute approximate surface area is 233 Å². The summed E-state index contributed by atoms with van der Waals surface area (Å²) in [6, 6.07) is 14.6. The Hall–Kier alpha value is -4.18. The molecule has 0 bridgehead atoms. The molecule has 10 nitrogen and oxygen atoms in total. The van der Waals surface area contributed by atoms with Crippen molar-refractivity contribution in [3.8, 4) is 28.6 Å². The minimum absolute atomic E-state index is 0.0344. The Morgan fingerprint density at radius 3 is 2.70 bits per heavy atom. The van der Waals surface area contributed by atoms with E-state index >= 15 is 0 Å². The molecular weight excluding hydrogens is 516 g/mol. The molecule has 10 heteroatoms. The van der Waals surface area contributed by atoms with Crippen LogP contribution in [0, 0.1) is 0 Å². The topological polar surface area (TPSA) is 115 Å². The SMILES string of the molecule is CCOC(=O)C(Cc1cc(OC2CCCCO2)ccc1OCc1ccnc(-c2ccccc2OC)n1)OC(C)=O. The van der Waals surface area contributed by atoms with Crippen LogP contribution in [-0.4, -0.2) is 54.6 Å². The molecule has 2 unspecified atom stereocenters. The van der Waals surface area contributed by atoms with Crippen molar-refractivity contribution in [1.29, 1.82) is 0 Å². The van der Waals surface area contributed by atoms with Gasteiger partial charge in [-0.1, -0.05) is 12.1 Å². The van der Waals surface area contributed by atoms with Gasteiger partial charge in [0.2, 0.25) is 6.10 Å². The van der Waals surface area contributed by atoms with Crippen molar-refractivity contribution in [2.24, 2.45) is 0 Å². The van der Waals surface area contributed by atoms with Gasteiger partial charge >= 0.3 is 11.9 Å². The van der Waals surface area contributed by atoms with Gasteiger partial charge in [-0.25, -0.2) is 14.8 Å². The van der Waals surface area contributed by atoms with Crippen molar-refractivity contribution in [2.45, 2.75) is 58.5 Å². The minimum Gasteiger partial charge on any atom is -0.496 e. The summed E-state index contributed by atoms with van der Waals surface area (Å²) in [6.07, 6.45) is 3.01. The molecule has 0 amide bonds. The van der Waals surface area contributed by atoms with E-state index in [0.717, 1.165) is 24.8 Å². The molecular formula is C30H34N2O8. The molecule has 1 aromatic heterocycles. The van der Waals surface area contributed by atoms with Crippen molar-refractivity contribution in [3.05, 3.63) is 66.0 Å². The van der Waals surface area contributed by atoms with Crippen molar-refractivity contribution in [2.75, 3.05) is 20.3 Å².